The van der Waals surface area contributed by atoms with Crippen molar-refractivity contribution in [1.82, 2.24) is 25.4 Å². The lowest BCUT2D eigenvalue weighted by Crippen LogP contribution is -2.51. The minimum atomic E-state index is 0.293. The molecule has 1 spiro atoms. The van der Waals surface area contributed by atoms with Gasteiger partial charge in [-0.2, -0.15) is 5.10 Å². The molecule has 2 aliphatic rings. The first-order valence-electron chi connectivity index (χ1n) is 7.53. The van der Waals surface area contributed by atoms with E-state index in [1.54, 1.807) is 0 Å². The van der Waals surface area contributed by atoms with Crippen LogP contribution in [-0.2, 0) is 11.2 Å². The summed E-state index contributed by atoms with van der Waals surface area (Å²) in [5.74, 6) is 1.93. The highest BCUT2D eigenvalue weighted by molar-refractivity contribution is 5.77. The van der Waals surface area contributed by atoms with Crippen LogP contribution in [0.5, 0.6) is 0 Å². The molecule has 110 valence electrons. The summed E-state index contributed by atoms with van der Waals surface area (Å²) in [5.41, 5.74) is 0.355. The molecule has 1 aromatic rings. The number of aromatic nitrogens is 3. The quantitative estimate of drug-likeness (QED) is 0.850. The van der Waals surface area contributed by atoms with E-state index in [4.69, 9.17) is 0 Å². The SMILES string of the molecule is Cc1nc(CCN2CC3(CCNCC3)CCC2=O)n[nH]1. The van der Waals surface area contributed by atoms with Gasteiger partial charge >= 0.3 is 0 Å². The van der Waals surface area contributed by atoms with Crippen LogP contribution in [0.3, 0.4) is 0 Å². The molecular formula is C14H23N5O. The van der Waals surface area contributed by atoms with Gasteiger partial charge in [0.05, 0.1) is 0 Å². The van der Waals surface area contributed by atoms with E-state index in [9.17, 15) is 4.79 Å². The van der Waals surface area contributed by atoms with Gasteiger partial charge in [0.1, 0.15) is 5.82 Å². The number of piperidine rings is 2. The zero-order valence-corrected chi connectivity index (χ0v) is 12.1. The van der Waals surface area contributed by atoms with Crippen LogP contribution < -0.4 is 5.32 Å². The van der Waals surface area contributed by atoms with Crippen LogP contribution in [0, 0.1) is 12.3 Å². The summed E-state index contributed by atoms with van der Waals surface area (Å²) in [7, 11) is 0. The summed E-state index contributed by atoms with van der Waals surface area (Å²) in [6.45, 7) is 5.72. The maximum atomic E-state index is 12.1. The van der Waals surface area contributed by atoms with Gasteiger partial charge in [-0.15, -0.1) is 0 Å². The van der Waals surface area contributed by atoms with Crippen molar-refractivity contribution in [3.05, 3.63) is 11.6 Å². The van der Waals surface area contributed by atoms with Crippen LogP contribution >= 0.6 is 0 Å². The van der Waals surface area contributed by atoms with Gasteiger partial charge in [-0.1, -0.05) is 0 Å². The minimum Gasteiger partial charge on any atom is -0.342 e. The Labute approximate surface area is 119 Å². The molecule has 0 unspecified atom stereocenters. The van der Waals surface area contributed by atoms with Gasteiger partial charge in [0.15, 0.2) is 5.82 Å². The zero-order chi connectivity index (χ0) is 14.0. The zero-order valence-electron chi connectivity index (χ0n) is 12.1. The molecule has 1 amide bonds. The number of hydrogen-bond donors (Lipinski definition) is 2. The summed E-state index contributed by atoms with van der Waals surface area (Å²) >= 11 is 0. The third-order valence-electron chi connectivity index (χ3n) is 4.66. The first kappa shape index (κ1) is 13.5. The summed E-state index contributed by atoms with van der Waals surface area (Å²) in [6.07, 6.45) is 4.88. The van der Waals surface area contributed by atoms with Crippen molar-refractivity contribution in [1.29, 1.82) is 0 Å². The Bertz CT molecular complexity index is 478. The Morgan fingerprint density at radius 3 is 2.80 bits per heavy atom. The molecule has 2 aliphatic heterocycles. The normalized spacial score (nSPS) is 22.4. The fraction of sp³-hybridized carbons (Fsp3) is 0.786. The molecule has 0 atom stereocenters. The lowest BCUT2D eigenvalue weighted by molar-refractivity contribution is -0.138. The Balaban J connectivity index is 1.60. The molecule has 2 fully saturated rings. The van der Waals surface area contributed by atoms with Gasteiger partial charge in [0.2, 0.25) is 5.91 Å². The van der Waals surface area contributed by atoms with E-state index < -0.39 is 0 Å². The van der Waals surface area contributed by atoms with E-state index in [0.717, 1.165) is 50.7 Å². The average Bonchev–Trinajstić information content (AvgIpc) is 2.87. The number of carbonyl (C=O) groups is 1. The standard InChI is InChI=1S/C14H23N5O/c1-11-16-12(18-17-11)3-9-19-10-14(4-2-13(19)20)5-7-15-8-6-14/h15H,2-10H2,1H3,(H,16,17,18). The van der Waals surface area contributed by atoms with E-state index in [1.807, 2.05) is 11.8 Å². The van der Waals surface area contributed by atoms with Crippen LogP contribution in [0.1, 0.15) is 37.3 Å². The molecule has 20 heavy (non-hydrogen) atoms. The predicted octanol–water partition coefficient (Wildman–Crippen LogP) is 0.648. The largest absolute Gasteiger partial charge is 0.342 e. The second kappa shape index (κ2) is 5.52. The second-order valence-corrected chi connectivity index (χ2v) is 6.15. The number of hydrogen-bond acceptors (Lipinski definition) is 4. The molecule has 2 saturated heterocycles. The van der Waals surface area contributed by atoms with Crippen LogP contribution in [0.25, 0.3) is 0 Å². The number of carbonyl (C=O) groups excluding carboxylic acids is 1. The summed E-state index contributed by atoms with van der Waals surface area (Å²) in [5, 5.41) is 10.4. The van der Waals surface area contributed by atoms with Crippen molar-refractivity contribution >= 4 is 5.91 Å². The molecule has 6 heteroatoms. The maximum Gasteiger partial charge on any atom is 0.222 e. The highest BCUT2D eigenvalue weighted by Crippen LogP contribution is 2.38. The van der Waals surface area contributed by atoms with Gasteiger partial charge in [0, 0.05) is 25.9 Å². The molecule has 3 heterocycles. The van der Waals surface area contributed by atoms with Crippen molar-refractivity contribution in [2.45, 2.75) is 39.0 Å². The maximum absolute atomic E-state index is 12.1. The van der Waals surface area contributed by atoms with Crippen LogP contribution in [0.2, 0.25) is 0 Å². The summed E-state index contributed by atoms with van der Waals surface area (Å²) in [6, 6.07) is 0. The smallest absolute Gasteiger partial charge is 0.222 e. The topological polar surface area (TPSA) is 73.9 Å². The molecule has 1 aromatic heterocycles. The lowest BCUT2D eigenvalue weighted by Gasteiger charge is -2.45. The molecule has 6 nitrogen and oxygen atoms in total. The number of likely N-dealkylation sites (tertiary alicyclic amines) is 1. The fourth-order valence-corrected chi connectivity index (χ4v) is 3.41. The second-order valence-electron chi connectivity index (χ2n) is 6.15. The molecular weight excluding hydrogens is 254 g/mol. The van der Waals surface area contributed by atoms with Gasteiger partial charge in [-0.25, -0.2) is 4.98 Å². The van der Waals surface area contributed by atoms with E-state index in [-0.39, 0.29) is 0 Å². The van der Waals surface area contributed by atoms with Gasteiger partial charge < -0.3 is 10.2 Å². The van der Waals surface area contributed by atoms with Crippen molar-refractivity contribution in [2.75, 3.05) is 26.2 Å². The Morgan fingerprint density at radius 2 is 2.10 bits per heavy atom. The van der Waals surface area contributed by atoms with Crippen LogP contribution in [-0.4, -0.2) is 52.2 Å². The van der Waals surface area contributed by atoms with Crippen LogP contribution in [0.4, 0.5) is 0 Å². The first-order valence-corrected chi connectivity index (χ1v) is 7.53. The minimum absolute atomic E-state index is 0.293. The van der Waals surface area contributed by atoms with E-state index in [1.165, 1.54) is 12.8 Å². The molecule has 0 aromatic carbocycles. The van der Waals surface area contributed by atoms with Gasteiger partial charge in [-0.05, 0) is 44.7 Å². The van der Waals surface area contributed by atoms with Gasteiger partial charge in [-0.3, -0.25) is 9.89 Å². The molecule has 3 rings (SSSR count). The third-order valence-corrected chi connectivity index (χ3v) is 4.66. The number of H-pyrrole nitrogens is 1. The van der Waals surface area contributed by atoms with E-state index >= 15 is 0 Å². The van der Waals surface area contributed by atoms with Gasteiger partial charge in [0.25, 0.3) is 0 Å². The van der Waals surface area contributed by atoms with Crippen LogP contribution in [0.15, 0.2) is 0 Å². The summed E-state index contributed by atoms with van der Waals surface area (Å²) in [4.78, 5) is 18.4. The Hall–Kier alpha value is -1.43. The number of rotatable bonds is 3. The highest BCUT2D eigenvalue weighted by Gasteiger charge is 2.39. The van der Waals surface area contributed by atoms with E-state index in [2.05, 4.69) is 20.5 Å². The van der Waals surface area contributed by atoms with Crippen molar-refractivity contribution in [3.8, 4) is 0 Å². The highest BCUT2D eigenvalue weighted by atomic mass is 16.2. The third kappa shape index (κ3) is 2.85. The fourth-order valence-electron chi connectivity index (χ4n) is 3.41. The number of amides is 1. The average molecular weight is 277 g/mol. The predicted molar refractivity (Wildman–Crippen MR) is 75.2 cm³/mol. The molecule has 0 radical (unpaired) electrons. The van der Waals surface area contributed by atoms with Crippen molar-refractivity contribution in [3.63, 3.8) is 0 Å². The number of aromatic amines is 1. The molecule has 0 bridgehead atoms. The summed E-state index contributed by atoms with van der Waals surface area (Å²) < 4.78 is 0. The molecule has 0 aliphatic carbocycles. The number of nitrogens with zero attached hydrogens (tertiary/aromatic N) is 3. The van der Waals surface area contributed by atoms with Crippen molar-refractivity contribution in [2.24, 2.45) is 5.41 Å². The molecule has 2 N–H and O–H groups in total. The lowest BCUT2D eigenvalue weighted by atomic mass is 9.73. The number of aryl methyl sites for hydroxylation is 1. The van der Waals surface area contributed by atoms with E-state index in [0.29, 0.717) is 17.7 Å². The Morgan fingerprint density at radius 1 is 1.30 bits per heavy atom. The number of nitrogens with one attached hydrogen (secondary N) is 2. The van der Waals surface area contributed by atoms with Crippen molar-refractivity contribution < 1.29 is 4.79 Å². The first-order chi connectivity index (χ1) is 9.67. The molecule has 0 saturated carbocycles. The monoisotopic (exact) mass is 277 g/mol. The Kier molecular flexibility index (Phi) is 3.74.